The summed E-state index contributed by atoms with van der Waals surface area (Å²) in [5.74, 6) is -0.541. The molecule has 6 atom stereocenters. The molecule has 3 aromatic carbocycles. The number of carbonyl (C=O) groups excluding carboxylic acids is 1. The van der Waals surface area contributed by atoms with E-state index >= 15 is 8.42 Å². The van der Waals surface area contributed by atoms with Crippen LogP contribution in [0.5, 0.6) is 11.6 Å². The monoisotopic (exact) mass is 1000 g/mol. The van der Waals surface area contributed by atoms with E-state index in [1.807, 2.05) is 17.0 Å². The Kier molecular flexibility index (Phi) is 11.2. The first-order valence-corrected chi connectivity index (χ1v) is 26.8. The molecule has 1 saturated carbocycles. The largest absolute Gasteiger partial charge is 0.489 e. The number of aryl methyl sites for hydroxylation is 1. The fraction of sp³-hybridized carbons (Fsp3) is 0.500. The van der Waals surface area contributed by atoms with Gasteiger partial charge in [0.05, 0.1) is 77.4 Å². The van der Waals surface area contributed by atoms with Crippen LogP contribution < -0.4 is 30.3 Å². The number of aromatic amines is 1. The highest BCUT2D eigenvalue weighted by atomic mass is 32.2. The molecule has 2 bridgehead atoms. The van der Waals surface area contributed by atoms with Gasteiger partial charge in [0.2, 0.25) is 15.7 Å². The number of nitrogens with two attached hydrogens (primary N) is 1. The number of nitrogens with zero attached hydrogens (tertiary/aromatic N) is 6. The first-order chi connectivity index (χ1) is 34.9. The number of carbonyl (C=O) groups is 1. The molecule has 7 aliphatic heterocycles. The summed E-state index contributed by atoms with van der Waals surface area (Å²) in [4.78, 5) is 42.8. The molecule has 1 spiro atoms. The number of H-pyrrole nitrogens is 1. The SMILES string of the molecule is Cc1ccccc1[C@@H]1COCCN1C1CC2(CCN(c3ccc(C(N)=O)c(N4c5cc6cc[nH]c6nc5O[C@H]5COCC[C@@H]54)c3S(=O)(=O)c3cc4c(c([N+](=O)[O-])c3)N[C@H](CN3C[C@@H]5C[C@H]3CO5)CO4)CC2)C1. The number of nitro groups is 1. The van der Waals surface area contributed by atoms with Gasteiger partial charge in [0.25, 0.3) is 11.6 Å². The van der Waals surface area contributed by atoms with Crippen molar-refractivity contribution in [3.05, 3.63) is 93.7 Å². The van der Waals surface area contributed by atoms with E-state index in [0.29, 0.717) is 75.5 Å². The van der Waals surface area contributed by atoms with Crippen LogP contribution in [-0.2, 0) is 24.0 Å². The van der Waals surface area contributed by atoms with E-state index in [1.54, 1.807) is 18.3 Å². The van der Waals surface area contributed by atoms with Crippen LogP contribution in [0.4, 0.5) is 28.4 Å². The zero-order chi connectivity index (χ0) is 49.0. The first-order valence-electron chi connectivity index (χ1n) is 25.4. The number of nitro benzene ring substituents is 1. The van der Waals surface area contributed by atoms with Crippen LogP contribution >= 0.6 is 0 Å². The van der Waals surface area contributed by atoms with Crippen LogP contribution in [0.1, 0.15) is 66.1 Å². The summed E-state index contributed by atoms with van der Waals surface area (Å²) in [5.41, 5.74) is 10.1. The van der Waals surface area contributed by atoms with Crippen molar-refractivity contribution in [2.75, 3.05) is 87.5 Å². The molecule has 19 nitrogen and oxygen atoms in total. The number of hydrogen-bond donors (Lipinski definition) is 3. The van der Waals surface area contributed by atoms with E-state index in [-0.39, 0.29) is 81.2 Å². The number of likely N-dealkylation sites (tertiary alicyclic amines) is 1. The Bertz CT molecular complexity index is 3100. The van der Waals surface area contributed by atoms with Crippen LogP contribution in [0, 0.1) is 22.5 Å². The lowest BCUT2D eigenvalue weighted by Crippen LogP contribution is -2.58. The number of sulfone groups is 1. The fourth-order valence-corrected chi connectivity index (χ4v) is 15.0. The maximum absolute atomic E-state index is 16.2. The van der Waals surface area contributed by atoms with Gasteiger partial charge in [-0.15, -0.1) is 0 Å². The van der Waals surface area contributed by atoms with Crippen molar-refractivity contribution < 1.29 is 41.8 Å². The second-order valence-corrected chi connectivity index (χ2v) is 23.0. The number of anilines is 4. The maximum atomic E-state index is 16.2. The molecule has 6 fully saturated rings. The molecular formula is C52H59N9O10S. The Morgan fingerprint density at radius 3 is 2.58 bits per heavy atom. The van der Waals surface area contributed by atoms with Crippen molar-refractivity contribution in [1.29, 1.82) is 0 Å². The van der Waals surface area contributed by atoms with E-state index in [4.69, 9.17) is 34.4 Å². The summed E-state index contributed by atoms with van der Waals surface area (Å²) >= 11 is 0. The Labute approximate surface area is 416 Å². The van der Waals surface area contributed by atoms with Gasteiger partial charge in [-0.3, -0.25) is 24.7 Å². The third-order valence-electron chi connectivity index (χ3n) is 17.0. The number of benzene rings is 3. The average Bonchev–Trinajstić information content (AvgIpc) is 4.14. The van der Waals surface area contributed by atoms with Gasteiger partial charge >= 0.3 is 0 Å². The first kappa shape index (κ1) is 45.8. The second kappa shape index (κ2) is 17.6. The van der Waals surface area contributed by atoms with E-state index in [1.165, 1.54) is 17.2 Å². The van der Waals surface area contributed by atoms with Gasteiger partial charge in [-0.05, 0) is 86.3 Å². The number of pyridine rings is 1. The van der Waals surface area contributed by atoms with Crippen molar-refractivity contribution in [2.45, 2.75) is 97.7 Å². The lowest BCUT2D eigenvalue weighted by atomic mass is 9.59. The molecule has 13 rings (SSSR count). The molecule has 8 aliphatic rings. The Morgan fingerprint density at radius 2 is 1.81 bits per heavy atom. The van der Waals surface area contributed by atoms with E-state index < -0.39 is 38.5 Å². The zero-order valence-electron chi connectivity index (χ0n) is 40.2. The van der Waals surface area contributed by atoms with Crippen molar-refractivity contribution >= 4 is 55.2 Å². The highest BCUT2D eigenvalue weighted by molar-refractivity contribution is 7.91. The van der Waals surface area contributed by atoms with Gasteiger partial charge in [0, 0.05) is 75.1 Å². The molecule has 0 radical (unpaired) electrons. The minimum absolute atomic E-state index is 0.0251. The zero-order valence-corrected chi connectivity index (χ0v) is 41.0. The van der Waals surface area contributed by atoms with Crippen LogP contribution in [0.15, 0.2) is 76.7 Å². The van der Waals surface area contributed by atoms with Crippen LogP contribution in [0.2, 0.25) is 0 Å². The van der Waals surface area contributed by atoms with Gasteiger partial charge in [0.15, 0.2) is 11.4 Å². The predicted octanol–water partition coefficient (Wildman–Crippen LogP) is 5.87. The summed E-state index contributed by atoms with van der Waals surface area (Å²) in [6.45, 7) is 8.20. The molecule has 1 amide bonds. The summed E-state index contributed by atoms with van der Waals surface area (Å²) < 4.78 is 62.9. The molecule has 20 heteroatoms. The number of morpholine rings is 2. The van der Waals surface area contributed by atoms with Crippen molar-refractivity contribution in [3.8, 4) is 11.6 Å². The van der Waals surface area contributed by atoms with Crippen molar-refractivity contribution in [1.82, 2.24) is 19.8 Å². The molecule has 5 saturated heterocycles. The Hall–Kier alpha value is -6.03. The molecule has 0 unspecified atom stereocenters. The molecule has 2 aromatic heterocycles. The minimum Gasteiger partial charge on any atom is -0.489 e. The average molecular weight is 1000 g/mol. The van der Waals surface area contributed by atoms with Crippen LogP contribution in [0.3, 0.4) is 0 Å². The summed E-state index contributed by atoms with van der Waals surface area (Å²) in [6.07, 6.45) is 6.43. The number of amides is 1. The Balaban J connectivity index is 0.896. The van der Waals surface area contributed by atoms with Crippen LogP contribution in [-0.4, -0.2) is 148 Å². The number of ether oxygens (including phenoxy) is 5. The second-order valence-electron chi connectivity index (χ2n) is 21.1. The number of nitrogens with one attached hydrogen (secondary N) is 2. The lowest BCUT2D eigenvalue weighted by molar-refractivity contribution is -0.384. The molecule has 72 heavy (non-hydrogen) atoms. The number of rotatable bonds is 10. The standard InChI is InChI=1S/C52H59N9O10S/c1-30-4-2-3-5-37(30)43-28-68-17-15-59(43)34-22-52(23-34)10-13-57(14-11-52)40-7-6-38(49(53)62)47(60-39-9-16-67-29-45(39)71-51-42(60)18-31-8-12-54-50(31)56-51)48(40)72(65,66)36-20-41(61(63)64)46-44(21-36)70-26-32(55-46)24-58-25-35-19-33(58)27-69-35/h2-8,12,18,20-21,32-35,39,43,45,55H,9-11,13-17,19,22-29H2,1H3,(H2,53,62)(H,54,56)/t32-,33+,35+,39+,43+,45+/m1/s1. The summed E-state index contributed by atoms with van der Waals surface area (Å²) in [5, 5.41) is 17.2. The van der Waals surface area contributed by atoms with Gasteiger partial charge in [0.1, 0.15) is 28.9 Å². The Morgan fingerprint density at radius 1 is 0.972 bits per heavy atom. The highest BCUT2D eigenvalue weighted by Gasteiger charge is 2.51. The van der Waals surface area contributed by atoms with Crippen molar-refractivity contribution in [3.63, 3.8) is 0 Å². The third-order valence-corrected chi connectivity index (χ3v) is 18.8. The smallest absolute Gasteiger partial charge is 0.297 e. The number of piperidine rings is 1. The van der Waals surface area contributed by atoms with Gasteiger partial charge in [-0.2, -0.15) is 4.98 Å². The number of primary amides is 1. The topological polar surface area (TPSA) is 220 Å². The molecule has 378 valence electrons. The maximum Gasteiger partial charge on any atom is 0.297 e. The van der Waals surface area contributed by atoms with Crippen LogP contribution in [0.25, 0.3) is 11.0 Å². The molecular weight excluding hydrogens is 943 g/mol. The van der Waals surface area contributed by atoms with Crippen molar-refractivity contribution in [2.24, 2.45) is 11.1 Å². The lowest BCUT2D eigenvalue weighted by Gasteiger charge is -2.57. The molecule has 4 N–H and O–H groups in total. The quantitative estimate of drug-likeness (QED) is 0.110. The summed E-state index contributed by atoms with van der Waals surface area (Å²) in [6, 6.07) is 18.2. The molecule has 5 aromatic rings. The number of aromatic nitrogens is 2. The van der Waals surface area contributed by atoms with E-state index in [2.05, 4.69) is 56.2 Å². The van der Waals surface area contributed by atoms with E-state index in [9.17, 15) is 14.9 Å². The van der Waals surface area contributed by atoms with Gasteiger partial charge in [-0.1, -0.05) is 24.3 Å². The highest BCUT2D eigenvalue weighted by Crippen LogP contribution is 2.56. The summed E-state index contributed by atoms with van der Waals surface area (Å²) in [7, 11) is -4.78. The minimum atomic E-state index is -4.78. The normalized spacial score (nSPS) is 27.1. The predicted molar refractivity (Wildman–Crippen MR) is 266 cm³/mol. The third kappa shape index (κ3) is 7.66. The fourth-order valence-electron chi connectivity index (χ4n) is 13.3. The van der Waals surface area contributed by atoms with Gasteiger partial charge in [-0.25, -0.2) is 8.42 Å². The molecule has 9 heterocycles. The van der Waals surface area contributed by atoms with E-state index in [0.717, 1.165) is 56.6 Å². The van der Waals surface area contributed by atoms with Gasteiger partial charge < -0.3 is 49.5 Å². The number of fused-ring (bicyclic) bond motifs is 6. The number of hydrogen-bond acceptors (Lipinski definition) is 16. The molecule has 1 aliphatic carbocycles.